The molecule has 1 aliphatic rings. The van der Waals surface area contributed by atoms with Crippen LogP contribution < -0.4 is 0 Å². The van der Waals surface area contributed by atoms with Crippen molar-refractivity contribution < 1.29 is 9.53 Å². The quantitative estimate of drug-likeness (QED) is 0.616. The Morgan fingerprint density at radius 3 is 3.05 bits per heavy atom. The molecule has 0 bridgehead atoms. The van der Waals surface area contributed by atoms with E-state index in [1.807, 2.05) is 30.4 Å². The average molecular weight is 256 g/mol. The van der Waals surface area contributed by atoms with E-state index in [0.717, 1.165) is 5.69 Å². The highest BCUT2D eigenvalue weighted by atomic mass is 16.5. The van der Waals surface area contributed by atoms with Gasteiger partial charge in [0.05, 0.1) is 12.7 Å². The molecule has 0 fully saturated rings. The van der Waals surface area contributed by atoms with Crippen molar-refractivity contribution in [2.75, 3.05) is 6.61 Å². The smallest absolute Gasteiger partial charge is 0.327 e. The van der Waals surface area contributed by atoms with Gasteiger partial charge in [0.1, 0.15) is 0 Å². The van der Waals surface area contributed by atoms with Crippen LogP contribution in [-0.2, 0) is 9.53 Å². The predicted molar refractivity (Wildman–Crippen MR) is 70.0 cm³/mol. The number of nitriles is 1. The molecular formula is C15H16N2O2. The number of hydrogen-bond acceptors (Lipinski definition) is 4. The topological polar surface area (TPSA) is 63.0 Å². The molecule has 0 N–H and O–H groups in total. The van der Waals surface area contributed by atoms with Crippen LogP contribution in [-0.4, -0.2) is 17.6 Å². The molecule has 2 rings (SSSR count). The van der Waals surface area contributed by atoms with Gasteiger partial charge in [-0.25, -0.2) is 0 Å². The summed E-state index contributed by atoms with van der Waals surface area (Å²) in [5.41, 5.74) is -0.388. The number of carbonyl (C=O) groups excluding carboxylic acids is 1. The van der Waals surface area contributed by atoms with E-state index < -0.39 is 11.4 Å². The first-order chi connectivity index (χ1) is 9.24. The third-order valence-electron chi connectivity index (χ3n) is 3.46. The molecule has 4 nitrogen and oxygen atoms in total. The van der Waals surface area contributed by atoms with Crippen LogP contribution in [0.3, 0.4) is 0 Å². The van der Waals surface area contributed by atoms with E-state index in [2.05, 4.69) is 11.1 Å². The van der Waals surface area contributed by atoms with Gasteiger partial charge in [-0.05, 0) is 31.9 Å². The van der Waals surface area contributed by atoms with Crippen molar-refractivity contribution in [3.63, 3.8) is 0 Å². The molecule has 4 heteroatoms. The number of pyridine rings is 1. The Morgan fingerprint density at radius 2 is 2.42 bits per heavy atom. The fourth-order valence-corrected chi connectivity index (χ4v) is 2.45. The Bertz CT molecular complexity index is 519. The maximum absolute atomic E-state index is 12.2. The maximum atomic E-state index is 12.2. The lowest BCUT2D eigenvalue weighted by Gasteiger charge is -2.33. The van der Waals surface area contributed by atoms with Crippen LogP contribution in [0.25, 0.3) is 0 Å². The molecule has 2 atom stereocenters. The number of esters is 1. The molecule has 0 spiro atoms. The Kier molecular flexibility index (Phi) is 3.96. The van der Waals surface area contributed by atoms with Crippen LogP contribution in [0, 0.1) is 16.7 Å². The van der Waals surface area contributed by atoms with Crippen molar-refractivity contribution in [1.29, 1.82) is 5.26 Å². The zero-order valence-corrected chi connectivity index (χ0v) is 10.9. The maximum Gasteiger partial charge on any atom is 0.327 e. The molecule has 0 amide bonds. The minimum atomic E-state index is -1.15. The number of allylic oxidation sites excluding steroid dienone is 2. The Hall–Kier alpha value is -2.15. The first kappa shape index (κ1) is 13.3. The minimum absolute atomic E-state index is 0.247. The van der Waals surface area contributed by atoms with Crippen LogP contribution in [0.1, 0.15) is 31.4 Å². The Balaban J connectivity index is 2.42. The molecule has 19 heavy (non-hydrogen) atoms. The summed E-state index contributed by atoms with van der Waals surface area (Å²) in [7, 11) is 0. The molecule has 98 valence electrons. The van der Waals surface area contributed by atoms with E-state index >= 15 is 0 Å². The molecule has 0 saturated carbocycles. The SMILES string of the molecule is CCOC(=O)[C@@]1(C#N)CC=CC[C@@H]1c1ccccn1. The van der Waals surface area contributed by atoms with Crippen molar-refractivity contribution in [2.45, 2.75) is 25.7 Å². The Morgan fingerprint density at radius 1 is 1.58 bits per heavy atom. The van der Waals surface area contributed by atoms with E-state index in [1.54, 1.807) is 13.1 Å². The first-order valence-corrected chi connectivity index (χ1v) is 6.39. The number of carbonyl (C=O) groups is 1. The lowest BCUT2D eigenvalue weighted by molar-refractivity contribution is -0.153. The van der Waals surface area contributed by atoms with E-state index in [-0.39, 0.29) is 12.5 Å². The highest BCUT2D eigenvalue weighted by molar-refractivity contribution is 5.82. The second-order valence-corrected chi connectivity index (χ2v) is 4.52. The fourth-order valence-electron chi connectivity index (χ4n) is 2.45. The summed E-state index contributed by atoms with van der Waals surface area (Å²) in [4.78, 5) is 16.5. The second-order valence-electron chi connectivity index (χ2n) is 4.52. The molecule has 0 radical (unpaired) electrons. The number of hydrogen-bond donors (Lipinski definition) is 0. The average Bonchev–Trinajstić information content (AvgIpc) is 2.48. The van der Waals surface area contributed by atoms with Crippen molar-refractivity contribution in [3.05, 3.63) is 42.2 Å². The first-order valence-electron chi connectivity index (χ1n) is 6.39. The lowest BCUT2D eigenvalue weighted by Crippen LogP contribution is -2.39. The summed E-state index contributed by atoms with van der Waals surface area (Å²) in [6.45, 7) is 2.03. The van der Waals surface area contributed by atoms with Gasteiger partial charge in [-0.1, -0.05) is 18.2 Å². The van der Waals surface area contributed by atoms with Gasteiger partial charge in [-0.2, -0.15) is 5.26 Å². The molecule has 1 heterocycles. The van der Waals surface area contributed by atoms with E-state index in [9.17, 15) is 10.1 Å². The predicted octanol–water partition coefficient (Wildman–Crippen LogP) is 2.59. The number of nitrogens with zero attached hydrogens (tertiary/aromatic N) is 2. The molecule has 0 aromatic carbocycles. The zero-order valence-electron chi connectivity index (χ0n) is 10.9. The van der Waals surface area contributed by atoms with Crippen molar-refractivity contribution in [3.8, 4) is 6.07 Å². The summed E-state index contributed by atoms with van der Waals surface area (Å²) in [5, 5.41) is 9.56. The third-order valence-corrected chi connectivity index (χ3v) is 3.46. The van der Waals surface area contributed by atoms with Gasteiger partial charge >= 0.3 is 5.97 Å². The fraction of sp³-hybridized carbons (Fsp3) is 0.400. The molecule has 1 aromatic rings. The molecule has 1 aromatic heterocycles. The molecular weight excluding hydrogens is 240 g/mol. The molecule has 0 aliphatic heterocycles. The highest BCUT2D eigenvalue weighted by Gasteiger charge is 2.49. The Labute approximate surface area is 112 Å². The highest BCUT2D eigenvalue weighted by Crippen LogP contribution is 2.44. The third kappa shape index (κ3) is 2.37. The lowest BCUT2D eigenvalue weighted by atomic mass is 9.68. The largest absolute Gasteiger partial charge is 0.465 e. The van der Waals surface area contributed by atoms with Crippen LogP contribution in [0.2, 0.25) is 0 Å². The van der Waals surface area contributed by atoms with E-state index in [4.69, 9.17) is 4.74 Å². The summed E-state index contributed by atoms with van der Waals surface area (Å²) >= 11 is 0. The van der Waals surface area contributed by atoms with Crippen molar-refractivity contribution in [2.24, 2.45) is 5.41 Å². The van der Waals surface area contributed by atoms with Crippen LogP contribution >= 0.6 is 0 Å². The molecule has 0 saturated heterocycles. The van der Waals surface area contributed by atoms with Gasteiger partial charge in [0.25, 0.3) is 0 Å². The summed E-state index contributed by atoms with van der Waals surface area (Å²) < 4.78 is 5.10. The zero-order chi connectivity index (χ0) is 13.7. The number of ether oxygens (including phenoxy) is 1. The molecule has 0 unspecified atom stereocenters. The van der Waals surface area contributed by atoms with Gasteiger partial charge in [0, 0.05) is 17.8 Å². The van der Waals surface area contributed by atoms with Crippen molar-refractivity contribution in [1.82, 2.24) is 4.98 Å². The van der Waals surface area contributed by atoms with Gasteiger partial charge < -0.3 is 4.74 Å². The van der Waals surface area contributed by atoms with Gasteiger partial charge in [0.2, 0.25) is 0 Å². The van der Waals surface area contributed by atoms with Gasteiger partial charge in [-0.3, -0.25) is 9.78 Å². The second kappa shape index (κ2) is 5.66. The number of aromatic nitrogens is 1. The summed E-state index contributed by atoms with van der Waals surface area (Å²) in [5.74, 6) is -0.694. The molecule has 1 aliphatic carbocycles. The van der Waals surface area contributed by atoms with Crippen LogP contribution in [0.5, 0.6) is 0 Å². The summed E-state index contributed by atoms with van der Waals surface area (Å²) in [6.07, 6.45) is 6.56. The standard InChI is InChI=1S/C15H16N2O2/c1-2-19-14(18)15(11-16)9-5-3-7-12(15)13-8-4-6-10-17-13/h3-6,8,10,12H,2,7,9H2,1H3/t12-,15-/m1/s1. The van der Waals surface area contributed by atoms with E-state index in [0.29, 0.717) is 12.8 Å². The monoisotopic (exact) mass is 256 g/mol. The van der Waals surface area contributed by atoms with Crippen LogP contribution in [0.15, 0.2) is 36.5 Å². The van der Waals surface area contributed by atoms with Gasteiger partial charge in [-0.15, -0.1) is 0 Å². The normalized spacial score (nSPS) is 25.6. The number of rotatable bonds is 3. The van der Waals surface area contributed by atoms with Crippen molar-refractivity contribution >= 4 is 5.97 Å². The minimum Gasteiger partial charge on any atom is -0.465 e. The van der Waals surface area contributed by atoms with Gasteiger partial charge in [0.15, 0.2) is 5.41 Å². The summed E-state index contributed by atoms with van der Waals surface area (Å²) in [6, 6.07) is 7.73. The van der Waals surface area contributed by atoms with E-state index in [1.165, 1.54) is 0 Å². The van der Waals surface area contributed by atoms with Crippen LogP contribution in [0.4, 0.5) is 0 Å².